The van der Waals surface area contributed by atoms with E-state index in [9.17, 15) is 0 Å². The smallest absolute Gasteiger partial charge is 0.0228 e. The summed E-state index contributed by atoms with van der Waals surface area (Å²) in [6, 6.07) is 10.7. The highest BCUT2D eigenvalue weighted by molar-refractivity contribution is 5.65. The molecular weight excluding hydrogens is 168 g/mol. The summed E-state index contributed by atoms with van der Waals surface area (Å²) in [6.07, 6.45) is 7.25. The predicted octanol–water partition coefficient (Wildman–Crippen LogP) is 4.67. The third kappa shape index (κ3) is 3.37. The van der Waals surface area contributed by atoms with Gasteiger partial charge in [-0.1, -0.05) is 63.1 Å². The van der Waals surface area contributed by atoms with Crippen molar-refractivity contribution >= 4 is 5.57 Å². The Balaban J connectivity index is 2.77. The maximum Gasteiger partial charge on any atom is -0.0228 e. The summed E-state index contributed by atoms with van der Waals surface area (Å²) in [5.74, 6) is 0. The molecule has 0 aliphatic rings. The molecule has 0 aromatic heterocycles. The van der Waals surface area contributed by atoms with E-state index in [0.29, 0.717) is 0 Å². The molecule has 0 heteroatoms. The summed E-state index contributed by atoms with van der Waals surface area (Å²) in [5, 5.41) is 0. The standard InChI is InChI=1S/C14H20/c1-3-5-10-13(9-4-2)14-11-7-6-8-12-14/h6-8,10-12H,3-5,9H2,1-2H3/b13-10+. The van der Waals surface area contributed by atoms with Gasteiger partial charge in [0, 0.05) is 0 Å². The molecule has 0 saturated heterocycles. The van der Waals surface area contributed by atoms with E-state index in [1.54, 1.807) is 0 Å². The second-order valence-electron chi connectivity index (χ2n) is 3.63. The van der Waals surface area contributed by atoms with Crippen LogP contribution in [0.4, 0.5) is 0 Å². The van der Waals surface area contributed by atoms with Gasteiger partial charge < -0.3 is 0 Å². The van der Waals surface area contributed by atoms with Gasteiger partial charge in [0.1, 0.15) is 0 Å². The minimum absolute atomic E-state index is 1.20. The molecule has 0 aliphatic carbocycles. The van der Waals surface area contributed by atoms with E-state index in [0.717, 1.165) is 0 Å². The second kappa shape index (κ2) is 6.42. The number of rotatable bonds is 5. The average molecular weight is 188 g/mol. The van der Waals surface area contributed by atoms with Crippen molar-refractivity contribution in [3.63, 3.8) is 0 Å². The Labute approximate surface area is 87.7 Å². The quantitative estimate of drug-likeness (QED) is 0.630. The fourth-order valence-corrected chi connectivity index (χ4v) is 1.60. The van der Waals surface area contributed by atoms with Gasteiger partial charge >= 0.3 is 0 Å². The van der Waals surface area contributed by atoms with Gasteiger partial charge in [0.15, 0.2) is 0 Å². The third-order valence-electron chi connectivity index (χ3n) is 2.34. The molecule has 0 spiro atoms. The topological polar surface area (TPSA) is 0 Å². The van der Waals surface area contributed by atoms with Gasteiger partial charge in [0.25, 0.3) is 0 Å². The number of hydrogen-bond donors (Lipinski definition) is 0. The predicted molar refractivity (Wildman–Crippen MR) is 64.2 cm³/mol. The summed E-state index contributed by atoms with van der Waals surface area (Å²) in [7, 11) is 0. The molecule has 0 fully saturated rings. The van der Waals surface area contributed by atoms with Crippen LogP contribution in [0, 0.1) is 0 Å². The van der Waals surface area contributed by atoms with Crippen LogP contribution in [-0.2, 0) is 0 Å². The van der Waals surface area contributed by atoms with Crippen molar-refractivity contribution in [3.05, 3.63) is 42.0 Å². The highest BCUT2D eigenvalue weighted by Gasteiger charge is 1.98. The minimum Gasteiger partial charge on any atom is -0.0807 e. The highest BCUT2D eigenvalue weighted by Crippen LogP contribution is 2.20. The second-order valence-corrected chi connectivity index (χ2v) is 3.63. The lowest BCUT2D eigenvalue weighted by molar-refractivity contribution is 0.933. The van der Waals surface area contributed by atoms with Gasteiger partial charge in [-0.15, -0.1) is 0 Å². The maximum atomic E-state index is 2.39. The number of unbranched alkanes of at least 4 members (excludes halogenated alkanes) is 1. The summed E-state index contributed by atoms with van der Waals surface area (Å²) in [5.41, 5.74) is 2.90. The van der Waals surface area contributed by atoms with Crippen molar-refractivity contribution < 1.29 is 0 Å². The van der Waals surface area contributed by atoms with Crippen LogP contribution in [0.25, 0.3) is 5.57 Å². The molecular formula is C14H20. The molecule has 0 atom stereocenters. The van der Waals surface area contributed by atoms with E-state index in [-0.39, 0.29) is 0 Å². The van der Waals surface area contributed by atoms with Gasteiger partial charge in [-0.2, -0.15) is 0 Å². The molecule has 0 aliphatic heterocycles. The van der Waals surface area contributed by atoms with E-state index >= 15 is 0 Å². The molecule has 0 unspecified atom stereocenters. The minimum atomic E-state index is 1.20. The fourth-order valence-electron chi connectivity index (χ4n) is 1.60. The Morgan fingerprint density at radius 2 is 1.79 bits per heavy atom. The first-order valence-electron chi connectivity index (χ1n) is 5.63. The van der Waals surface area contributed by atoms with Crippen molar-refractivity contribution in [2.75, 3.05) is 0 Å². The van der Waals surface area contributed by atoms with Crippen molar-refractivity contribution in [1.29, 1.82) is 0 Å². The zero-order valence-corrected chi connectivity index (χ0v) is 9.29. The Hall–Kier alpha value is -1.04. The largest absolute Gasteiger partial charge is 0.0807 e. The van der Waals surface area contributed by atoms with E-state index in [1.807, 2.05) is 0 Å². The zero-order chi connectivity index (χ0) is 10.2. The van der Waals surface area contributed by atoms with Crippen LogP contribution < -0.4 is 0 Å². The zero-order valence-electron chi connectivity index (χ0n) is 9.29. The van der Waals surface area contributed by atoms with Crippen LogP contribution >= 0.6 is 0 Å². The first kappa shape index (κ1) is 11.0. The molecule has 0 saturated carbocycles. The molecule has 14 heavy (non-hydrogen) atoms. The van der Waals surface area contributed by atoms with Crippen LogP contribution in [0.15, 0.2) is 36.4 Å². The lowest BCUT2D eigenvalue weighted by Gasteiger charge is -2.06. The molecule has 0 bridgehead atoms. The third-order valence-corrected chi connectivity index (χ3v) is 2.34. The summed E-state index contributed by atoms with van der Waals surface area (Å²) < 4.78 is 0. The van der Waals surface area contributed by atoms with Gasteiger partial charge in [0.05, 0.1) is 0 Å². The van der Waals surface area contributed by atoms with Crippen LogP contribution in [0.2, 0.25) is 0 Å². The van der Waals surface area contributed by atoms with Crippen LogP contribution in [0.1, 0.15) is 45.1 Å². The number of allylic oxidation sites excluding steroid dienone is 2. The van der Waals surface area contributed by atoms with E-state index in [1.165, 1.54) is 36.8 Å². The van der Waals surface area contributed by atoms with E-state index in [2.05, 4.69) is 50.3 Å². The molecule has 0 heterocycles. The average Bonchev–Trinajstić information content (AvgIpc) is 2.25. The monoisotopic (exact) mass is 188 g/mol. The molecule has 0 amide bonds. The normalized spacial score (nSPS) is 11.7. The van der Waals surface area contributed by atoms with Crippen LogP contribution in [-0.4, -0.2) is 0 Å². The molecule has 1 rings (SSSR count). The maximum absolute atomic E-state index is 2.39. The molecule has 1 aromatic rings. The molecule has 1 aromatic carbocycles. The van der Waals surface area contributed by atoms with Crippen LogP contribution in [0.3, 0.4) is 0 Å². The molecule has 0 nitrogen and oxygen atoms in total. The summed E-state index contributed by atoms with van der Waals surface area (Å²) in [6.45, 7) is 4.47. The first-order valence-corrected chi connectivity index (χ1v) is 5.63. The van der Waals surface area contributed by atoms with Crippen molar-refractivity contribution in [1.82, 2.24) is 0 Å². The summed E-state index contributed by atoms with van der Waals surface area (Å²) >= 11 is 0. The number of benzene rings is 1. The van der Waals surface area contributed by atoms with Gasteiger partial charge in [-0.3, -0.25) is 0 Å². The Morgan fingerprint density at radius 3 is 2.36 bits per heavy atom. The lowest BCUT2D eigenvalue weighted by atomic mass is 10.00. The molecule has 76 valence electrons. The Kier molecular flexibility index (Phi) is 5.06. The van der Waals surface area contributed by atoms with Gasteiger partial charge in [-0.05, 0) is 24.0 Å². The SMILES string of the molecule is CCC/C=C(\CCC)c1ccccc1. The van der Waals surface area contributed by atoms with E-state index < -0.39 is 0 Å². The van der Waals surface area contributed by atoms with Crippen molar-refractivity contribution in [2.24, 2.45) is 0 Å². The van der Waals surface area contributed by atoms with E-state index in [4.69, 9.17) is 0 Å². The summed E-state index contributed by atoms with van der Waals surface area (Å²) in [4.78, 5) is 0. The highest BCUT2D eigenvalue weighted by atomic mass is 14.0. The fraction of sp³-hybridized carbons (Fsp3) is 0.429. The Bertz CT molecular complexity index is 269. The molecule has 0 N–H and O–H groups in total. The van der Waals surface area contributed by atoms with Crippen molar-refractivity contribution in [3.8, 4) is 0 Å². The lowest BCUT2D eigenvalue weighted by Crippen LogP contribution is -1.84. The van der Waals surface area contributed by atoms with Gasteiger partial charge in [-0.25, -0.2) is 0 Å². The van der Waals surface area contributed by atoms with Gasteiger partial charge in [0.2, 0.25) is 0 Å². The van der Waals surface area contributed by atoms with Crippen molar-refractivity contribution in [2.45, 2.75) is 39.5 Å². The Morgan fingerprint density at radius 1 is 1.07 bits per heavy atom. The molecule has 0 radical (unpaired) electrons. The van der Waals surface area contributed by atoms with Crippen LogP contribution in [0.5, 0.6) is 0 Å². The number of hydrogen-bond acceptors (Lipinski definition) is 0. The first-order chi connectivity index (χ1) is 6.88.